The van der Waals surface area contributed by atoms with Crippen LogP contribution in [-0.4, -0.2) is 22.9 Å². The van der Waals surface area contributed by atoms with Crippen LogP contribution in [0.15, 0.2) is 36.7 Å². The van der Waals surface area contributed by atoms with E-state index in [0.717, 1.165) is 18.5 Å². The Bertz CT molecular complexity index is 584. The lowest BCUT2D eigenvalue weighted by molar-refractivity contribution is 0.102. The average Bonchev–Trinajstić information content (AvgIpc) is 2.48. The molecule has 0 radical (unpaired) electrons. The fraction of sp³-hybridized carbons (Fsp3) is 0.267. The maximum absolute atomic E-state index is 12.2. The van der Waals surface area contributed by atoms with Crippen LogP contribution < -0.4 is 10.6 Å². The average molecular weight is 270 g/mol. The van der Waals surface area contributed by atoms with Crippen molar-refractivity contribution in [1.82, 2.24) is 9.97 Å². The monoisotopic (exact) mass is 270 g/mol. The molecule has 1 amide bonds. The number of hydrogen-bond donors (Lipinski definition) is 2. The lowest BCUT2D eigenvalue weighted by Crippen LogP contribution is -2.13. The van der Waals surface area contributed by atoms with E-state index in [4.69, 9.17) is 0 Å². The lowest BCUT2D eigenvalue weighted by atomic mass is 10.1. The van der Waals surface area contributed by atoms with Gasteiger partial charge in [0.1, 0.15) is 5.82 Å². The summed E-state index contributed by atoms with van der Waals surface area (Å²) >= 11 is 0. The van der Waals surface area contributed by atoms with E-state index in [0.29, 0.717) is 17.1 Å². The highest BCUT2D eigenvalue weighted by molar-refractivity contribution is 6.04. The summed E-state index contributed by atoms with van der Waals surface area (Å²) < 4.78 is 0. The predicted octanol–water partition coefficient (Wildman–Crippen LogP) is 2.72. The van der Waals surface area contributed by atoms with Crippen LogP contribution in [0.25, 0.3) is 0 Å². The minimum Gasteiger partial charge on any atom is -0.373 e. The molecule has 5 heteroatoms. The predicted molar refractivity (Wildman–Crippen MR) is 80.0 cm³/mol. The van der Waals surface area contributed by atoms with Crippen LogP contribution in [0.4, 0.5) is 11.5 Å². The third kappa shape index (κ3) is 3.54. The van der Waals surface area contributed by atoms with Crippen molar-refractivity contribution >= 4 is 17.4 Å². The number of pyridine rings is 2. The van der Waals surface area contributed by atoms with Crippen LogP contribution in [-0.2, 0) is 6.42 Å². The third-order valence-corrected chi connectivity index (χ3v) is 2.82. The number of nitrogens with zero attached hydrogens (tertiary/aromatic N) is 2. The van der Waals surface area contributed by atoms with Gasteiger partial charge in [-0.15, -0.1) is 0 Å². The quantitative estimate of drug-likeness (QED) is 0.876. The summed E-state index contributed by atoms with van der Waals surface area (Å²) in [7, 11) is 1.79. The Morgan fingerprint density at radius 3 is 2.85 bits per heavy atom. The first-order valence-corrected chi connectivity index (χ1v) is 6.63. The Labute approximate surface area is 118 Å². The van der Waals surface area contributed by atoms with E-state index < -0.39 is 0 Å². The van der Waals surface area contributed by atoms with Gasteiger partial charge in [0.05, 0.1) is 11.9 Å². The Kier molecular flexibility index (Phi) is 4.65. The van der Waals surface area contributed by atoms with Crippen molar-refractivity contribution in [3.63, 3.8) is 0 Å². The number of nitrogens with one attached hydrogen (secondary N) is 2. The molecular weight excluding hydrogens is 252 g/mol. The van der Waals surface area contributed by atoms with Gasteiger partial charge in [-0.1, -0.05) is 13.3 Å². The van der Waals surface area contributed by atoms with E-state index in [1.54, 1.807) is 37.6 Å². The minimum atomic E-state index is -0.158. The molecule has 2 rings (SSSR count). The normalized spacial score (nSPS) is 10.1. The molecule has 0 saturated heterocycles. The van der Waals surface area contributed by atoms with Gasteiger partial charge in [0, 0.05) is 24.5 Å². The fourth-order valence-corrected chi connectivity index (χ4v) is 1.87. The highest BCUT2D eigenvalue weighted by atomic mass is 16.1. The van der Waals surface area contributed by atoms with Gasteiger partial charge in [-0.05, 0) is 30.7 Å². The van der Waals surface area contributed by atoms with E-state index in [1.165, 1.54) is 0 Å². The summed E-state index contributed by atoms with van der Waals surface area (Å²) in [5, 5.41) is 5.80. The molecular formula is C15H18N4O. The molecule has 0 bridgehead atoms. The standard InChI is InChI=1S/C15H18N4O/c1-3-5-12-8-11(9-14(16-2)18-12)15(20)19-13-6-4-7-17-10-13/h4,6-10H,3,5H2,1-2H3,(H,16,18)(H,19,20). The number of carbonyl (C=O) groups is 1. The van der Waals surface area contributed by atoms with Gasteiger partial charge < -0.3 is 10.6 Å². The topological polar surface area (TPSA) is 66.9 Å². The molecule has 0 unspecified atom stereocenters. The molecule has 0 saturated carbocycles. The van der Waals surface area contributed by atoms with Crippen LogP contribution in [0.5, 0.6) is 0 Å². The number of hydrogen-bond acceptors (Lipinski definition) is 4. The zero-order valence-electron chi connectivity index (χ0n) is 11.7. The molecule has 0 aliphatic heterocycles. The number of aromatic nitrogens is 2. The summed E-state index contributed by atoms with van der Waals surface area (Å²) in [6.07, 6.45) is 5.12. The number of anilines is 2. The van der Waals surface area contributed by atoms with Gasteiger partial charge in [-0.2, -0.15) is 0 Å². The summed E-state index contributed by atoms with van der Waals surface area (Å²) in [4.78, 5) is 20.6. The first-order chi connectivity index (χ1) is 9.72. The maximum Gasteiger partial charge on any atom is 0.255 e. The number of amides is 1. The lowest BCUT2D eigenvalue weighted by Gasteiger charge is -2.09. The molecule has 0 atom stereocenters. The van der Waals surface area contributed by atoms with Crippen molar-refractivity contribution in [2.24, 2.45) is 0 Å². The highest BCUT2D eigenvalue weighted by Crippen LogP contribution is 2.14. The van der Waals surface area contributed by atoms with Crippen LogP contribution in [0.3, 0.4) is 0 Å². The van der Waals surface area contributed by atoms with E-state index >= 15 is 0 Å². The van der Waals surface area contributed by atoms with Crippen molar-refractivity contribution in [3.05, 3.63) is 47.9 Å². The second-order valence-corrected chi connectivity index (χ2v) is 4.43. The molecule has 0 spiro atoms. The van der Waals surface area contributed by atoms with Crippen LogP contribution >= 0.6 is 0 Å². The highest BCUT2D eigenvalue weighted by Gasteiger charge is 2.09. The molecule has 0 aromatic carbocycles. The number of carbonyl (C=O) groups excluding carboxylic acids is 1. The summed E-state index contributed by atoms with van der Waals surface area (Å²) in [5.74, 6) is 0.543. The van der Waals surface area contributed by atoms with E-state index in [2.05, 4.69) is 27.5 Å². The molecule has 2 aromatic heterocycles. The van der Waals surface area contributed by atoms with Crippen molar-refractivity contribution in [2.45, 2.75) is 19.8 Å². The van der Waals surface area contributed by atoms with Crippen molar-refractivity contribution in [2.75, 3.05) is 17.7 Å². The number of rotatable bonds is 5. The Morgan fingerprint density at radius 1 is 1.35 bits per heavy atom. The van der Waals surface area contributed by atoms with E-state index in [-0.39, 0.29) is 5.91 Å². The van der Waals surface area contributed by atoms with Gasteiger partial charge >= 0.3 is 0 Å². The smallest absolute Gasteiger partial charge is 0.255 e. The van der Waals surface area contributed by atoms with Crippen molar-refractivity contribution in [3.8, 4) is 0 Å². The van der Waals surface area contributed by atoms with E-state index in [1.807, 2.05) is 6.07 Å². The molecule has 0 aliphatic carbocycles. The molecule has 2 aromatic rings. The largest absolute Gasteiger partial charge is 0.373 e. The first kappa shape index (κ1) is 14.0. The first-order valence-electron chi connectivity index (χ1n) is 6.63. The Morgan fingerprint density at radius 2 is 2.20 bits per heavy atom. The van der Waals surface area contributed by atoms with Crippen molar-refractivity contribution < 1.29 is 4.79 Å². The van der Waals surface area contributed by atoms with Gasteiger partial charge in [0.25, 0.3) is 5.91 Å². The Balaban J connectivity index is 2.22. The minimum absolute atomic E-state index is 0.158. The zero-order chi connectivity index (χ0) is 14.4. The summed E-state index contributed by atoms with van der Waals surface area (Å²) in [6, 6.07) is 7.16. The zero-order valence-corrected chi connectivity index (χ0v) is 11.7. The van der Waals surface area contributed by atoms with Gasteiger partial charge in [-0.25, -0.2) is 4.98 Å². The molecule has 0 fully saturated rings. The SMILES string of the molecule is CCCc1cc(C(=O)Nc2cccnc2)cc(NC)n1. The second kappa shape index (κ2) is 6.65. The van der Waals surface area contributed by atoms with Gasteiger partial charge in [0.2, 0.25) is 0 Å². The number of aryl methyl sites for hydroxylation is 1. The molecule has 2 heterocycles. The van der Waals surface area contributed by atoms with Crippen LogP contribution in [0.1, 0.15) is 29.4 Å². The molecule has 0 aliphatic rings. The molecule has 5 nitrogen and oxygen atoms in total. The fourth-order valence-electron chi connectivity index (χ4n) is 1.87. The Hall–Kier alpha value is -2.43. The molecule has 104 valence electrons. The van der Waals surface area contributed by atoms with Gasteiger partial charge in [-0.3, -0.25) is 9.78 Å². The summed E-state index contributed by atoms with van der Waals surface area (Å²) in [5.41, 5.74) is 2.18. The summed E-state index contributed by atoms with van der Waals surface area (Å²) in [6.45, 7) is 2.09. The van der Waals surface area contributed by atoms with Gasteiger partial charge in [0.15, 0.2) is 0 Å². The maximum atomic E-state index is 12.2. The molecule has 2 N–H and O–H groups in total. The third-order valence-electron chi connectivity index (χ3n) is 2.82. The van der Waals surface area contributed by atoms with E-state index in [9.17, 15) is 4.79 Å². The second-order valence-electron chi connectivity index (χ2n) is 4.43. The van der Waals surface area contributed by atoms with Crippen LogP contribution in [0.2, 0.25) is 0 Å². The van der Waals surface area contributed by atoms with Crippen LogP contribution in [0, 0.1) is 0 Å². The molecule has 20 heavy (non-hydrogen) atoms. The van der Waals surface area contributed by atoms with Crippen molar-refractivity contribution in [1.29, 1.82) is 0 Å².